The Kier molecular flexibility index (Phi) is 5.16. The zero-order chi connectivity index (χ0) is 18.7. The third-order valence-corrected chi connectivity index (χ3v) is 3.75. The van der Waals surface area contributed by atoms with Gasteiger partial charge in [0.1, 0.15) is 5.60 Å². The van der Waals surface area contributed by atoms with Crippen LogP contribution in [-0.2, 0) is 15.1 Å². The summed E-state index contributed by atoms with van der Waals surface area (Å²) in [7, 11) is 0. The average Bonchev–Trinajstić information content (AvgIpc) is 2.53. The van der Waals surface area contributed by atoms with Crippen molar-refractivity contribution < 1.29 is 19.4 Å². The van der Waals surface area contributed by atoms with E-state index in [2.05, 4.69) is 5.32 Å². The molecule has 2 rings (SSSR count). The lowest BCUT2D eigenvalue weighted by atomic mass is 9.90. The van der Waals surface area contributed by atoms with Crippen LogP contribution in [-0.4, -0.2) is 22.8 Å². The number of ether oxygens (including phenoxy) is 1. The summed E-state index contributed by atoms with van der Waals surface area (Å²) < 4.78 is 5.18. The molecule has 132 valence electrons. The first-order valence-electron chi connectivity index (χ1n) is 8.02. The second kappa shape index (κ2) is 6.97. The van der Waals surface area contributed by atoms with Crippen LogP contribution in [0.4, 0.5) is 4.79 Å². The largest absolute Gasteiger partial charge is 0.479 e. The summed E-state index contributed by atoms with van der Waals surface area (Å²) in [5, 5.41) is 12.1. The Labute approximate surface area is 147 Å². The van der Waals surface area contributed by atoms with Crippen molar-refractivity contribution in [2.45, 2.75) is 38.8 Å². The zero-order valence-electron chi connectivity index (χ0n) is 14.9. The van der Waals surface area contributed by atoms with Crippen molar-refractivity contribution in [2.75, 3.05) is 0 Å². The van der Waals surface area contributed by atoms with Crippen molar-refractivity contribution in [2.24, 2.45) is 0 Å². The number of aliphatic carboxylic acids is 1. The summed E-state index contributed by atoms with van der Waals surface area (Å²) in [4.78, 5) is 23.9. The van der Waals surface area contributed by atoms with Crippen LogP contribution in [0.15, 0.2) is 54.6 Å². The molecule has 5 heteroatoms. The molecule has 2 N–H and O–H groups in total. The lowest BCUT2D eigenvalue weighted by Gasteiger charge is -2.29. The van der Waals surface area contributed by atoms with Crippen molar-refractivity contribution in [3.05, 3.63) is 60.2 Å². The quantitative estimate of drug-likeness (QED) is 0.875. The number of rotatable bonds is 4. The second-order valence-corrected chi connectivity index (χ2v) is 7.00. The van der Waals surface area contributed by atoms with Gasteiger partial charge in [0.2, 0.25) is 0 Å². The van der Waals surface area contributed by atoms with E-state index < -0.39 is 23.2 Å². The minimum Gasteiger partial charge on any atom is -0.479 e. The van der Waals surface area contributed by atoms with E-state index in [0.29, 0.717) is 5.56 Å². The molecule has 0 heterocycles. The Bertz CT molecular complexity index is 748. The van der Waals surface area contributed by atoms with Crippen LogP contribution in [0.2, 0.25) is 0 Å². The predicted molar refractivity (Wildman–Crippen MR) is 96.2 cm³/mol. The zero-order valence-corrected chi connectivity index (χ0v) is 14.9. The van der Waals surface area contributed by atoms with E-state index in [1.165, 1.54) is 6.92 Å². The van der Waals surface area contributed by atoms with Crippen molar-refractivity contribution in [1.82, 2.24) is 5.32 Å². The molecule has 25 heavy (non-hydrogen) atoms. The second-order valence-electron chi connectivity index (χ2n) is 7.00. The minimum absolute atomic E-state index is 0.463. The number of amides is 1. The van der Waals surface area contributed by atoms with Crippen molar-refractivity contribution >= 4 is 12.1 Å². The number of hydrogen-bond donors (Lipinski definition) is 2. The third kappa shape index (κ3) is 4.59. The van der Waals surface area contributed by atoms with Gasteiger partial charge in [0.15, 0.2) is 5.54 Å². The first-order chi connectivity index (χ1) is 11.6. The van der Waals surface area contributed by atoms with Crippen molar-refractivity contribution in [3.8, 4) is 11.1 Å². The normalized spacial score (nSPS) is 13.6. The highest BCUT2D eigenvalue weighted by molar-refractivity contribution is 5.85. The van der Waals surface area contributed by atoms with E-state index in [-0.39, 0.29) is 0 Å². The molecule has 2 aromatic rings. The molecule has 0 saturated heterocycles. The Morgan fingerprint density at radius 1 is 0.880 bits per heavy atom. The summed E-state index contributed by atoms with van der Waals surface area (Å²) in [6.07, 6.45) is -0.774. The van der Waals surface area contributed by atoms with Gasteiger partial charge in [-0.25, -0.2) is 9.59 Å². The monoisotopic (exact) mass is 341 g/mol. The summed E-state index contributed by atoms with van der Waals surface area (Å²) in [5.74, 6) is -1.16. The molecule has 0 aromatic heterocycles. The molecule has 0 aliphatic heterocycles. The van der Waals surface area contributed by atoms with Crippen LogP contribution in [0.3, 0.4) is 0 Å². The van der Waals surface area contributed by atoms with Gasteiger partial charge in [0.25, 0.3) is 0 Å². The maximum absolute atomic E-state index is 12.0. The fourth-order valence-electron chi connectivity index (χ4n) is 2.38. The number of benzene rings is 2. The van der Waals surface area contributed by atoms with Crippen LogP contribution in [0.1, 0.15) is 33.3 Å². The molecule has 5 nitrogen and oxygen atoms in total. The molecule has 1 atom stereocenters. The molecule has 1 amide bonds. The number of carboxylic acids is 1. The molecular weight excluding hydrogens is 318 g/mol. The average molecular weight is 341 g/mol. The fourth-order valence-corrected chi connectivity index (χ4v) is 2.38. The molecule has 0 aliphatic rings. The Hall–Kier alpha value is -2.82. The van der Waals surface area contributed by atoms with Gasteiger partial charge >= 0.3 is 12.1 Å². The standard InChI is InChI=1S/C20H23NO4/c1-19(2,3)25-18(24)21-20(4,17(22)23)16-12-10-15(11-13-16)14-8-6-5-7-9-14/h5-13H,1-4H3,(H,21,24)(H,22,23)/t20-/m1/s1. The topological polar surface area (TPSA) is 75.6 Å². The highest BCUT2D eigenvalue weighted by atomic mass is 16.6. The van der Waals surface area contributed by atoms with E-state index in [1.807, 2.05) is 42.5 Å². The van der Waals surface area contributed by atoms with Gasteiger partial charge in [-0.05, 0) is 44.4 Å². The van der Waals surface area contributed by atoms with Crippen LogP contribution in [0.25, 0.3) is 11.1 Å². The summed E-state index contributed by atoms with van der Waals surface area (Å²) in [6.45, 7) is 6.61. The molecule has 0 radical (unpaired) electrons. The smallest absolute Gasteiger partial charge is 0.408 e. The Morgan fingerprint density at radius 3 is 1.88 bits per heavy atom. The van der Waals surface area contributed by atoms with Gasteiger partial charge in [0.05, 0.1) is 0 Å². The third-order valence-electron chi connectivity index (χ3n) is 3.75. The van der Waals surface area contributed by atoms with E-state index in [1.54, 1.807) is 32.9 Å². The number of carbonyl (C=O) groups is 2. The van der Waals surface area contributed by atoms with Crippen molar-refractivity contribution in [1.29, 1.82) is 0 Å². The highest BCUT2D eigenvalue weighted by Gasteiger charge is 2.38. The van der Waals surface area contributed by atoms with E-state index in [9.17, 15) is 14.7 Å². The van der Waals surface area contributed by atoms with Gasteiger partial charge in [-0.2, -0.15) is 0 Å². The molecular formula is C20H23NO4. The molecule has 0 saturated carbocycles. The van der Waals surface area contributed by atoms with Gasteiger partial charge in [0, 0.05) is 0 Å². The highest BCUT2D eigenvalue weighted by Crippen LogP contribution is 2.26. The van der Waals surface area contributed by atoms with Gasteiger partial charge < -0.3 is 15.2 Å². The number of nitrogens with one attached hydrogen (secondary N) is 1. The van der Waals surface area contributed by atoms with Crippen LogP contribution < -0.4 is 5.32 Å². The Balaban J connectivity index is 2.28. The first kappa shape index (κ1) is 18.5. The number of hydrogen-bond acceptors (Lipinski definition) is 3. The first-order valence-corrected chi connectivity index (χ1v) is 8.02. The summed E-state index contributed by atoms with van der Waals surface area (Å²) in [5.41, 5.74) is 0.171. The van der Waals surface area contributed by atoms with Crippen LogP contribution in [0, 0.1) is 0 Å². The van der Waals surface area contributed by atoms with E-state index in [4.69, 9.17) is 4.74 Å². The van der Waals surface area contributed by atoms with Gasteiger partial charge in [-0.1, -0.05) is 54.6 Å². The van der Waals surface area contributed by atoms with Crippen LogP contribution >= 0.6 is 0 Å². The molecule has 0 fully saturated rings. The number of carbonyl (C=O) groups excluding carboxylic acids is 1. The van der Waals surface area contributed by atoms with E-state index >= 15 is 0 Å². The minimum atomic E-state index is -1.59. The van der Waals surface area contributed by atoms with Crippen molar-refractivity contribution in [3.63, 3.8) is 0 Å². The molecule has 2 aromatic carbocycles. The summed E-state index contributed by atoms with van der Waals surface area (Å²) >= 11 is 0. The maximum atomic E-state index is 12.0. The fraction of sp³-hybridized carbons (Fsp3) is 0.300. The van der Waals surface area contributed by atoms with Gasteiger partial charge in [-0.3, -0.25) is 0 Å². The SMILES string of the molecule is CC(C)(C)OC(=O)N[C@@](C)(C(=O)O)c1ccc(-c2ccccc2)cc1. The lowest BCUT2D eigenvalue weighted by Crippen LogP contribution is -2.51. The lowest BCUT2D eigenvalue weighted by molar-refractivity contribution is -0.144. The maximum Gasteiger partial charge on any atom is 0.408 e. The van der Waals surface area contributed by atoms with Gasteiger partial charge in [-0.15, -0.1) is 0 Å². The molecule has 0 aliphatic carbocycles. The van der Waals surface area contributed by atoms with Crippen LogP contribution in [0.5, 0.6) is 0 Å². The summed E-state index contributed by atoms with van der Waals surface area (Å²) in [6, 6.07) is 16.8. The Morgan fingerprint density at radius 2 is 1.40 bits per heavy atom. The molecule has 0 spiro atoms. The van der Waals surface area contributed by atoms with E-state index in [0.717, 1.165) is 11.1 Å². The molecule has 0 bridgehead atoms. The molecule has 0 unspecified atom stereocenters. The predicted octanol–water partition coefficient (Wildman–Crippen LogP) is 4.18. The number of alkyl carbamates (subject to hydrolysis) is 1. The number of carboxylic acid groups (broad SMARTS) is 1.